The predicted molar refractivity (Wildman–Crippen MR) is 72.4 cm³/mol. The molecule has 1 aliphatic heterocycles. The number of rotatable bonds is 2. The number of carbonyl (C=O) groups is 1. The molecule has 1 saturated heterocycles. The topological polar surface area (TPSA) is 20.3 Å². The molecule has 1 aromatic carbocycles. The molecule has 1 unspecified atom stereocenters. The number of alkyl halides is 3. The lowest BCUT2D eigenvalue weighted by atomic mass is 9.97. The van der Waals surface area contributed by atoms with Crippen molar-refractivity contribution in [3.05, 3.63) is 28.8 Å². The van der Waals surface area contributed by atoms with Gasteiger partial charge in [-0.05, 0) is 38.0 Å². The number of benzene rings is 1. The molecule has 0 aliphatic carbocycles. The lowest BCUT2D eigenvalue weighted by Gasteiger charge is -2.35. The van der Waals surface area contributed by atoms with Crippen molar-refractivity contribution >= 4 is 23.1 Å². The third-order valence-corrected chi connectivity index (χ3v) is 3.89. The Morgan fingerprint density at radius 3 is 2.65 bits per heavy atom. The Morgan fingerprint density at radius 2 is 2.10 bits per heavy atom. The molecule has 1 fully saturated rings. The average molecular weight is 306 g/mol. The van der Waals surface area contributed by atoms with Crippen LogP contribution in [0.2, 0.25) is 5.02 Å². The molecular weight excluding hydrogens is 291 g/mol. The first-order chi connectivity index (χ1) is 9.29. The quantitative estimate of drug-likeness (QED) is 0.758. The Balaban J connectivity index is 2.19. The summed E-state index contributed by atoms with van der Waals surface area (Å²) < 4.78 is 38.3. The summed E-state index contributed by atoms with van der Waals surface area (Å²) in [6, 6.07) is 4.79. The molecule has 0 amide bonds. The second-order valence-corrected chi connectivity index (χ2v) is 5.45. The highest BCUT2D eigenvalue weighted by molar-refractivity contribution is 6.34. The van der Waals surface area contributed by atoms with E-state index in [0.29, 0.717) is 24.2 Å². The average Bonchev–Trinajstić information content (AvgIpc) is 2.37. The predicted octanol–water partition coefficient (Wildman–Crippen LogP) is 4.32. The van der Waals surface area contributed by atoms with Gasteiger partial charge in [-0.2, -0.15) is 13.2 Å². The van der Waals surface area contributed by atoms with Crippen molar-refractivity contribution < 1.29 is 18.0 Å². The lowest BCUT2D eigenvalue weighted by molar-refractivity contribution is -0.175. The number of nitrogens with zero attached hydrogens (tertiary/aromatic N) is 1. The van der Waals surface area contributed by atoms with Gasteiger partial charge in [-0.15, -0.1) is 0 Å². The van der Waals surface area contributed by atoms with Crippen molar-refractivity contribution in [2.45, 2.75) is 25.9 Å². The maximum atomic E-state index is 12.8. The summed E-state index contributed by atoms with van der Waals surface area (Å²) in [4.78, 5) is 13.0. The highest BCUT2D eigenvalue weighted by Crippen LogP contribution is 2.35. The number of anilines is 1. The molecule has 20 heavy (non-hydrogen) atoms. The van der Waals surface area contributed by atoms with E-state index in [2.05, 4.69) is 0 Å². The number of halogens is 4. The van der Waals surface area contributed by atoms with Crippen LogP contribution in [0.15, 0.2) is 18.2 Å². The molecule has 0 bridgehead atoms. The first-order valence-corrected chi connectivity index (χ1v) is 6.79. The Labute approximate surface area is 120 Å². The molecule has 1 heterocycles. The smallest absolute Gasteiger partial charge is 0.371 e. The molecule has 0 aromatic heterocycles. The minimum absolute atomic E-state index is 0.0563. The molecule has 2 rings (SSSR count). The summed E-state index contributed by atoms with van der Waals surface area (Å²) >= 11 is 6.00. The van der Waals surface area contributed by atoms with Crippen molar-refractivity contribution in [1.29, 1.82) is 0 Å². The van der Waals surface area contributed by atoms with Crippen LogP contribution < -0.4 is 4.90 Å². The maximum absolute atomic E-state index is 12.8. The van der Waals surface area contributed by atoms with Crippen molar-refractivity contribution in [1.82, 2.24) is 0 Å². The first-order valence-electron chi connectivity index (χ1n) is 6.41. The zero-order valence-corrected chi connectivity index (χ0v) is 11.8. The van der Waals surface area contributed by atoms with Crippen LogP contribution in [-0.2, 0) is 0 Å². The SMILES string of the molecule is CC(=O)c1ccc(N2CCCC(C(F)(F)F)C2)cc1Cl. The molecule has 1 aliphatic rings. The second kappa shape index (κ2) is 5.64. The fourth-order valence-corrected chi connectivity index (χ4v) is 2.77. The summed E-state index contributed by atoms with van der Waals surface area (Å²) in [7, 11) is 0. The van der Waals surface area contributed by atoms with Crippen LogP contribution in [0.4, 0.5) is 18.9 Å². The number of ketones is 1. The molecule has 110 valence electrons. The summed E-state index contributed by atoms with van der Waals surface area (Å²) in [6.45, 7) is 1.92. The summed E-state index contributed by atoms with van der Waals surface area (Å²) in [6.07, 6.45) is -3.50. The monoisotopic (exact) mass is 305 g/mol. The van der Waals surface area contributed by atoms with E-state index in [9.17, 15) is 18.0 Å². The summed E-state index contributed by atoms with van der Waals surface area (Å²) in [5.41, 5.74) is 1.02. The Bertz CT molecular complexity index is 516. The van der Waals surface area contributed by atoms with Gasteiger partial charge >= 0.3 is 6.18 Å². The van der Waals surface area contributed by atoms with E-state index in [-0.39, 0.29) is 23.8 Å². The molecule has 0 saturated carbocycles. The third-order valence-electron chi connectivity index (χ3n) is 3.58. The molecule has 2 nitrogen and oxygen atoms in total. The van der Waals surface area contributed by atoms with Crippen molar-refractivity contribution in [3.8, 4) is 0 Å². The molecule has 0 radical (unpaired) electrons. The summed E-state index contributed by atoms with van der Waals surface area (Å²) in [5, 5.41) is 0.282. The van der Waals surface area contributed by atoms with Gasteiger partial charge in [0.05, 0.1) is 10.9 Å². The van der Waals surface area contributed by atoms with Gasteiger partial charge in [-0.25, -0.2) is 0 Å². The van der Waals surface area contributed by atoms with Crippen LogP contribution in [0.25, 0.3) is 0 Å². The fraction of sp³-hybridized carbons (Fsp3) is 0.500. The Hall–Kier alpha value is -1.23. The van der Waals surface area contributed by atoms with E-state index in [4.69, 9.17) is 11.6 Å². The van der Waals surface area contributed by atoms with E-state index in [1.807, 2.05) is 0 Å². The van der Waals surface area contributed by atoms with Gasteiger partial charge in [-0.1, -0.05) is 11.6 Å². The van der Waals surface area contributed by atoms with Gasteiger partial charge in [-0.3, -0.25) is 4.79 Å². The Morgan fingerprint density at radius 1 is 1.40 bits per heavy atom. The van der Waals surface area contributed by atoms with Gasteiger partial charge in [0.25, 0.3) is 0 Å². The lowest BCUT2D eigenvalue weighted by Crippen LogP contribution is -2.41. The van der Waals surface area contributed by atoms with Gasteiger partial charge < -0.3 is 4.90 Å². The minimum atomic E-state index is -4.16. The maximum Gasteiger partial charge on any atom is 0.393 e. The third kappa shape index (κ3) is 3.26. The van der Waals surface area contributed by atoms with Crippen LogP contribution in [0.1, 0.15) is 30.1 Å². The highest BCUT2D eigenvalue weighted by atomic mass is 35.5. The van der Waals surface area contributed by atoms with E-state index in [0.717, 1.165) is 0 Å². The van der Waals surface area contributed by atoms with Crippen LogP contribution in [0, 0.1) is 5.92 Å². The van der Waals surface area contributed by atoms with Gasteiger partial charge in [0.2, 0.25) is 0 Å². The van der Waals surface area contributed by atoms with Crippen molar-refractivity contribution in [2.24, 2.45) is 5.92 Å². The first kappa shape index (κ1) is 15.2. The number of piperidine rings is 1. The number of Topliss-reactive ketones (excluding diaryl/α,β-unsaturated/α-hetero) is 1. The van der Waals surface area contributed by atoms with Crippen LogP contribution in [-0.4, -0.2) is 25.0 Å². The largest absolute Gasteiger partial charge is 0.393 e. The van der Waals surface area contributed by atoms with E-state index in [1.54, 1.807) is 23.1 Å². The second-order valence-electron chi connectivity index (χ2n) is 5.05. The van der Waals surface area contributed by atoms with Crippen LogP contribution in [0.3, 0.4) is 0 Å². The standard InChI is InChI=1S/C14H15ClF3NO/c1-9(20)12-5-4-11(7-13(12)15)19-6-2-3-10(8-19)14(16,17)18/h4-5,7,10H,2-3,6,8H2,1H3. The Kier molecular flexibility index (Phi) is 4.28. The van der Waals surface area contributed by atoms with Gasteiger partial charge in [0, 0.05) is 24.3 Å². The van der Waals surface area contributed by atoms with Crippen molar-refractivity contribution in [3.63, 3.8) is 0 Å². The minimum Gasteiger partial charge on any atom is -0.371 e. The van der Waals surface area contributed by atoms with Crippen LogP contribution >= 0.6 is 11.6 Å². The van der Waals surface area contributed by atoms with E-state index in [1.165, 1.54) is 6.92 Å². The normalized spacial score (nSPS) is 20.1. The van der Waals surface area contributed by atoms with Gasteiger partial charge in [0.1, 0.15) is 0 Å². The number of carbonyl (C=O) groups excluding carboxylic acids is 1. The molecule has 6 heteroatoms. The molecule has 0 N–H and O–H groups in total. The number of hydrogen-bond donors (Lipinski definition) is 0. The molecular formula is C14H15ClF3NO. The number of hydrogen-bond acceptors (Lipinski definition) is 2. The highest BCUT2D eigenvalue weighted by Gasteiger charge is 2.41. The van der Waals surface area contributed by atoms with Crippen LogP contribution in [0.5, 0.6) is 0 Å². The fourth-order valence-electron chi connectivity index (χ4n) is 2.47. The molecule has 1 atom stereocenters. The zero-order chi connectivity index (χ0) is 14.9. The zero-order valence-electron chi connectivity index (χ0n) is 11.0. The van der Waals surface area contributed by atoms with E-state index < -0.39 is 12.1 Å². The van der Waals surface area contributed by atoms with Crippen molar-refractivity contribution in [2.75, 3.05) is 18.0 Å². The van der Waals surface area contributed by atoms with Gasteiger partial charge in [0.15, 0.2) is 5.78 Å². The van der Waals surface area contributed by atoms with E-state index >= 15 is 0 Å². The summed E-state index contributed by atoms with van der Waals surface area (Å²) in [5.74, 6) is -1.46. The molecule has 1 aromatic rings. The molecule has 0 spiro atoms.